The predicted molar refractivity (Wildman–Crippen MR) is 85.5 cm³/mol. The van der Waals surface area contributed by atoms with E-state index < -0.39 is 9.84 Å². The first-order valence-corrected chi connectivity index (χ1v) is 9.39. The van der Waals surface area contributed by atoms with Gasteiger partial charge in [0.25, 0.3) is 0 Å². The molecule has 1 N–H and O–H groups in total. The van der Waals surface area contributed by atoms with Crippen LogP contribution in [0.3, 0.4) is 0 Å². The van der Waals surface area contributed by atoms with Crippen LogP contribution in [-0.4, -0.2) is 33.1 Å². The van der Waals surface area contributed by atoms with Crippen LogP contribution in [0.25, 0.3) is 0 Å². The van der Waals surface area contributed by atoms with E-state index in [2.05, 4.69) is 12.2 Å². The highest BCUT2D eigenvalue weighted by Crippen LogP contribution is 2.32. The van der Waals surface area contributed by atoms with Crippen LogP contribution in [0, 0.1) is 0 Å². The second-order valence-corrected chi connectivity index (χ2v) is 7.95. The van der Waals surface area contributed by atoms with Crippen molar-refractivity contribution < 1.29 is 13.2 Å². The first-order valence-electron chi connectivity index (χ1n) is 7.67. The van der Waals surface area contributed by atoms with Crippen molar-refractivity contribution in [1.29, 1.82) is 0 Å². The van der Waals surface area contributed by atoms with Crippen LogP contribution in [0.5, 0.6) is 5.75 Å². The highest BCUT2D eigenvalue weighted by Gasteiger charge is 2.36. The summed E-state index contributed by atoms with van der Waals surface area (Å²) in [7, 11) is -1.39. The van der Waals surface area contributed by atoms with Gasteiger partial charge in [-0.2, -0.15) is 0 Å². The summed E-state index contributed by atoms with van der Waals surface area (Å²) in [5, 5.41) is 3.10. The van der Waals surface area contributed by atoms with Gasteiger partial charge >= 0.3 is 0 Å². The van der Waals surface area contributed by atoms with Crippen LogP contribution in [0.15, 0.2) is 24.3 Å². The van der Waals surface area contributed by atoms with E-state index in [4.69, 9.17) is 4.74 Å². The molecule has 0 bridgehead atoms. The molecule has 0 aliphatic carbocycles. The largest absolute Gasteiger partial charge is 0.497 e. The number of methoxy groups -OCH3 is 1. The molecule has 1 aliphatic rings. The molecule has 5 heteroatoms. The second-order valence-electron chi connectivity index (χ2n) is 5.61. The van der Waals surface area contributed by atoms with E-state index >= 15 is 0 Å². The maximum Gasteiger partial charge on any atom is 0.155 e. The monoisotopic (exact) mass is 311 g/mol. The number of hydrogen-bond donors (Lipinski definition) is 1. The summed E-state index contributed by atoms with van der Waals surface area (Å²) in [6.07, 6.45) is 3.49. The van der Waals surface area contributed by atoms with Crippen LogP contribution < -0.4 is 10.1 Å². The summed E-state index contributed by atoms with van der Waals surface area (Å²) >= 11 is 0. The van der Waals surface area contributed by atoms with Crippen LogP contribution in [-0.2, 0) is 9.84 Å². The molecule has 1 aromatic rings. The molecule has 0 spiro atoms. The molecule has 1 saturated heterocycles. The van der Waals surface area contributed by atoms with Crippen molar-refractivity contribution in [2.45, 2.75) is 43.9 Å². The van der Waals surface area contributed by atoms with Gasteiger partial charge in [0.15, 0.2) is 9.84 Å². The number of sulfone groups is 1. The maximum absolute atomic E-state index is 12.4. The lowest BCUT2D eigenvalue weighted by molar-refractivity contribution is 0.410. The van der Waals surface area contributed by atoms with Gasteiger partial charge in [-0.15, -0.1) is 0 Å². The Morgan fingerprint density at radius 2 is 2.19 bits per heavy atom. The van der Waals surface area contributed by atoms with Crippen LogP contribution in [0.1, 0.15) is 44.2 Å². The standard InChI is InChI=1S/C16H25NO3S/c1-3-10-17-16(13-7-6-8-14(12-13)20-2)15-9-4-5-11-21(15,18)19/h6-8,12,15-17H,3-5,9-11H2,1-2H3. The molecule has 21 heavy (non-hydrogen) atoms. The minimum absolute atomic E-state index is 0.148. The topological polar surface area (TPSA) is 55.4 Å². The van der Waals surface area contributed by atoms with Crippen LogP contribution in [0.4, 0.5) is 0 Å². The average Bonchev–Trinajstić information content (AvgIpc) is 2.49. The zero-order chi connectivity index (χ0) is 15.3. The lowest BCUT2D eigenvalue weighted by atomic mass is 9.99. The first kappa shape index (κ1) is 16.3. The van der Waals surface area contributed by atoms with E-state index in [1.807, 2.05) is 24.3 Å². The van der Waals surface area contributed by atoms with E-state index in [-0.39, 0.29) is 11.3 Å². The molecule has 2 atom stereocenters. The Kier molecular flexibility index (Phi) is 5.65. The molecule has 0 amide bonds. The summed E-state index contributed by atoms with van der Waals surface area (Å²) in [5.41, 5.74) is 0.998. The highest BCUT2D eigenvalue weighted by molar-refractivity contribution is 7.92. The van der Waals surface area contributed by atoms with Gasteiger partial charge < -0.3 is 10.1 Å². The predicted octanol–water partition coefficient (Wildman–Crippen LogP) is 2.70. The summed E-state index contributed by atoms with van der Waals surface area (Å²) in [6, 6.07) is 7.59. The zero-order valence-electron chi connectivity index (χ0n) is 12.8. The molecule has 1 heterocycles. The number of rotatable bonds is 6. The number of hydrogen-bond acceptors (Lipinski definition) is 4. The lowest BCUT2D eigenvalue weighted by Gasteiger charge is -2.31. The van der Waals surface area contributed by atoms with Crippen molar-refractivity contribution in [3.05, 3.63) is 29.8 Å². The second kappa shape index (κ2) is 7.27. The molecule has 1 fully saturated rings. The summed E-state index contributed by atoms with van der Waals surface area (Å²) in [5.74, 6) is 1.08. The summed E-state index contributed by atoms with van der Waals surface area (Å²) in [6.45, 7) is 2.90. The van der Waals surface area contributed by atoms with Crippen molar-refractivity contribution >= 4 is 9.84 Å². The molecule has 1 aromatic carbocycles. The molecule has 2 rings (SSSR count). The van der Waals surface area contributed by atoms with Gasteiger partial charge in [0.2, 0.25) is 0 Å². The highest BCUT2D eigenvalue weighted by atomic mass is 32.2. The van der Waals surface area contributed by atoms with Gasteiger partial charge in [0, 0.05) is 6.04 Å². The summed E-state index contributed by atoms with van der Waals surface area (Å²) < 4.78 is 30.2. The minimum Gasteiger partial charge on any atom is -0.497 e. The third-order valence-electron chi connectivity index (χ3n) is 4.07. The average molecular weight is 311 g/mol. The van der Waals surface area contributed by atoms with Crippen molar-refractivity contribution in [2.75, 3.05) is 19.4 Å². The number of nitrogens with one attached hydrogen (secondary N) is 1. The Bertz CT molecular complexity index is 556. The first-order chi connectivity index (χ1) is 10.1. The molecule has 0 radical (unpaired) electrons. The molecular weight excluding hydrogens is 286 g/mol. The molecule has 4 nitrogen and oxygen atoms in total. The number of ether oxygens (including phenoxy) is 1. The third kappa shape index (κ3) is 3.98. The van der Waals surface area contributed by atoms with E-state index in [1.165, 1.54) is 0 Å². The van der Waals surface area contributed by atoms with Gasteiger partial charge in [0.1, 0.15) is 5.75 Å². The third-order valence-corrected chi connectivity index (χ3v) is 6.36. The van der Waals surface area contributed by atoms with Gasteiger partial charge in [-0.3, -0.25) is 0 Å². The molecule has 118 valence electrons. The van der Waals surface area contributed by atoms with Gasteiger partial charge in [-0.25, -0.2) is 8.42 Å². The molecule has 1 aliphatic heterocycles. The van der Waals surface area contributed by atoms with E-state index in [0.29, 0.717) is 5.75 Å². The molecular formula is C16H25NO3S. The molecule has 2 unspecified atom stereocenters. The zero-order valence-corrected chi connectivity index (χ0v) is 13.7. The van der Waals surface area contributed by atoms with Crippen LogP contribution >= 0.6 is 0 Å². The SMILES string of the molecule is CCCNC(c1cccc(OC)c1)C1CCCCS1(=O)=O. The van der Waals surface area contributed by atoms with Crippen LogP contribution in [0.2, 0.25) is 0 Å². The van der Waals surface area contributed by atoms with Gasteiger partial charge in [-0.1, -0.05) is 25.5 Å². The normalized spacial score (nSPS) is 22.7. The minimum atomic E-state index is -3.02. The summed E-state index contributed by atoms with van der Waals surface area (Å²) in [4.78, 5) is 0. The Hall–Kier alpha value is -1.07. The number of benzene rings is 1. The fourth-order valence-corrected chi connectivity index (χ4v) is 5.06. The van der Waals surface area contributed by atoms with Crippen molar-refractivity contribution in [3.63, 3.8) is 0 Å². The van der Waals surface area contributed by atoms with Gasteiger partial charge in [0.05, 0.1) is 18.1 Å². The maximum atomic E-state index is 12.4. The fraction of sp³-hybridized carbons (Fsp3) is 0.625. The van der Waals surface area contributed by atoms with Gasteiger partial charge in [-0.05, 0) is 43.5 Å². The smallest absolute Gasteiger partial charge is 0.155 e. The lowest BCUT2D eigenvalue weighted by Crippen LogP contribution is -2.40. The Labute approximate surface area is 127 Å². The molecule has 0 saturated carbocycles. The Morgan fingerprint density at radius 1 is 1.38 bits per heavy atom. The van der Waals surface area contributed by atoms with Crippen molar-refractivity contribution in [1.82, 2.24) is 5.32 Å². The van der Waals surface area contributed by atoms with Crippen molar-refractivity contribution in [3.8, 4) is 5.75 Å². The Morgan fingerprint density at radius 3 is 2.86 bits per heavy atom. The molecule has 0 aromatic heterocycles. The Balaban J connectivity index is 2.32. The van der Waals surface area contributed by atoms with E-state index in [0.717, 1.165) is 43.5 Å². The van der Waals surface area contributed by atoms with E-state index in [9.17, 15) is 8.42 Å². The van der Waals surface area contributed by atoms with E-state index in [1.54, 1.807) is 7.11 Å². The quantitative estimate of drug-likeness (QED) is 0.877. The van der Waals surface area contributed by atoms with Crippen molar-refractivity contribution in [2.24, 2.45) is 0 Å². The fourth-order valence-electron chi connectivity index (χ4n) is 2.95.